The Labute approximate surface area is 123 Å². The number of nitrogens with one attached hydrogen (secondary N) is 1. The molecule has 0 amide bonds. The Morgan fingerprint density at radius 3 is 2.62 bits per heavy atom. The van der Waals surface area contributed by atoms with Gasteiger partial charge in [-0.1, -0.05) is 17.9 Å². The lowest BCUT2D eigenvalue weighted by Crippen LogP contribution is -2.14. The fourth-order valence-corrected chi connectivity index (χ4v) is 3.07. The van der Waals surface area contributed by atoms with Gasteiger partial charge < -0.3 is 5.11 Å². The first kappa shape index (κ1) is 15.0. The normalized spacial score (nSPS) is 10.6. The predicted molar refractivity (Wildman–Crippen MR) is 80.2 cm³/mol. The van der Waals surface area contributed by atoms with Gasteiger partial charge in [0, 0.05) is 18.0 Å². The molecular formula is C15H14N2O3S. The molecule has 1 aromatic heterocycles. The van der Waals surface area contributed by atoms with Gasteiger partial charge in [0.15, 0.2) is 0 Å². The number of rotatable bonds is 3. The smallest absolute Gasteiger partial charge is 0.262 e. The summed E-state index contributed by atoms with van der Waals surface area (Å²) in [5.74, 6) is 5.19. The lowest BCUT2D eigenvalue weighted by molar-refractivity contribution is 0.350. The molecule has 2 N–H and O–H groups in total. The molecule has 0 spiro atoms. The van der Waals surface area contributed by atoms with E-state index in [0.717, 1.165) is 0 Å². The third-order valence-electron chi connectivity index (χ3n) is 2.72. The van der Waals surface area contributed by atoms with Crippen molar-refractivity contribution in [2.45, 2.75) is 11.8 Å². The highest BCUT2D eigenvalue weighted by Crippen LogP contribution is 2.20. The summed E-state index contributed by atoms with van der Waals surface area (Å²) in [4.78, 5) is 3.99. The van der Waals surface area contributed by atoms with Crippen molar-refractivity contribution in [2.75, 3.05) is 11.3 Å². The molecule has 0 radical (unpaired) electrons. The van der Waals surface area contributed by atoms with Crippen molar-refractivity contribution in [3.63, 3.8) is 0 Å². The summed E-state index contributed by atoms with van der Waals surface area (Å²) in [5.41, 5.74) is 1.59. The van der Waals surface area contributed by atoms with Crippen LogP contribution in [0.5, 0.6) is 0 Å². The minimum absolute atomic E-state index is 0.157. The fraction of sp³-hybridized carbons (Fsp3) is 0.133. The Morgan fingerprint density at radius 1 is 1.24 bits per heavy atom. The van der Waals surface area contributed by atoms with E-state index in [1.807, 2.05) is 0 Å². The Kier molecular flexibility index (Phi) is 4.58. The van der Waals surface area contributed by atoms with Gasteiger partial charge in [0.25, 0.3) is 10.0 Å². The Hall–Kier alpha value is -2.36. The summed E-state index contributed by atoms with van der Waals surface area (Å²) in [6, 6.07) is 8.03. The average Bonchev–Trinajstić information content (AvgIpc) is 2.47. The molecule has 2 rings (SSSR count). The van der Waals surface area contributed by atoms with E-state index in [1.165, 1.54) is 18.5 Å². The van der Waals surface area contributed by atoms with E-state index in [4.69, 9.17) is 5.11 Å². The van der Waals surface area contributed by atoms with Crippen LogP contribution < -0.4 is 4.72 Å². The quantitative estimate of drug-likeness (QED) is 0.843. The summed E-state index contributed by atoms with van der Waals surface area (Å²) in [7, 11) is -3.70. The molecule has 0 saturated carbocycles. The highest BCUT2D eigenvalue weighted by Gasteiger charge is 2.17. The monoisotopic (exact) mass is 302 g/mol. The summed E-state index contributed by atoms with van der Waals surface area (Å²) in [6.45, 7) is 1.44. The number of hydrogen-bond acceptors (Lipinski definition) is 4. The highest BCUT2D eigenvalue weighted by atomic mass is 32.2. The molecule has 0 fully saturated rings. The van der Waals surface area contributed by atoms with Crippen LogP contribution in [0.15, 0.2) is 47.6 Å². The number of pyridine rings is 1. The number of aliphatic hydroxyl groups excluding tert-OH is 1. The van der Waals surface area contributed by atoms with Crippen LogP contribution in [0.25, 0.3) is 0 Å². The van der Waals surface area contributed by atoms with Gasteiger partial charge in [-0.15, -0.1) is 0 Å². The highest BCUT2D eigenvalue weighted by molar-refractivity contribution is 7.92. The predicted octanol–water partition coefficient (Wildman–Crippen LogP) is 1.53. The van der Waals surface area contributed by atoms with Crippen LogP contribution >= 0.6 is 0 Å². The molecule has 0 aliphatic rings. The lowest BCUT2D eigenvalue weighted by atomic mass is 10.1. The lowest BCUT2D eigenvalue weighted by Gasteiger charge is -2.10. The van der Waals surface area contributed by atoms with E-state index in [9.17, 15) is 8.42 Å². The van der Waals surface area contributed by atoms with Crippen molar-refractivity contribution < 1.29 is 13.5 Å². The third-order valence-corrected chi connectivity index (χ3v) is 4.25. The second kappa shape index (κ2) is 6.39. The Morgan fingerprint density at radius 2 is 1.95 bits per heavy atom. The first-order valence-corrected chi connectivity index (χ1v) is 7.64. The summed E-state index contributed by atoms with van der Waals surface area (Å²) in [6.07, 6.45) is 3.02. The van der Waals surface area contributed by atoms with Crippen LogP contribution in [0.3, 0.4) is 0 Å². The van der Waals surface area contributed by atoms with Gasteiger partial charge in [0.1, 0.15) is 6.61 Å². The number of anilines is 1. The zero-order valence-corrected chi connectivity index (χ0v) is 12.2. The zero-order chi connectivity index (χ0) is 15.3. The third kappa shape index (κ3) is 3.81. The number of aromatic nitrogens is 1. The van der Waals surface area contributed by atoms with Gasteiger partial charge in [-0.25, -0.2) is 8.42 Å². The topological polar surface area (TPSA) is 79.3 Å². The van der Waals surface area contributed by atoms with Crippen LogP contribution in [-0.4, -0.2) is 25.1 Å². The molecule has 5 nitrogen and oxygen atoms in total. The number of sulfonamides is 1. The molecule has 6 heteroatoms. The van der Waals surface area contributed by atoms with Gasteiger partial charge in [0.2, 0.25) is 0 Å². The average molecular weight is 302 g/mol. The fourth-order valence-electron chi connectivity index (χ4n) is 1.74. The van der Waals surface area contributed by atoms with Crippen molar-refractivity contribution in [3.8, 4) is 11.8 Å². The maximum Gasteiger partial charge on any atom is 0.262 e. The van der Waals surface area contributed by atoms with E-state index < -0.39 is 10.0 Å². The second-order valence-electron chi connectivity index (χ2n) is 4.28. The SMILES string of the molecule is Cc1ccc(C#CCO)cc1S(=O)(=O)Nc1ccncc1. The summed E-state index contributed by atoms with van der Waals surface area (Å²) in [5, 5.41) is 8.70. The van der Waals surface area contributed by atoms with Crippen molar-refractivity contribution in [2.24, 2.45) is 0 Å². The second-order valence-corrected chi connectivity index (χ2v) is 5.93. The van der Waals surface area contributed by atoms with E-state index in [0.29, 0.717) is 16.8 Å². The molecule has 2 aromatic rings. The number of benzene rings is 1. The van der Waals surface area contributed by atoms with E-state index in [2.05, 4.69) is 21.5 Å². The van der Waals surface area contributed by atoms with E-state index in [-0.39, 0.29) is 11.5 Å². The molecule has 0 atom stereocenters. The molecule has 108 valence electrons. The summed E-state index contributed by atoms with van der Waals surface area (Å²) < 4.78 is 27.3. The van der Waals surface area contributed by atoms with Crippen molar-refractivity contribution in [1.29, 1.82) is 0 Å². The van der Waals surface area contributed by atoms with Crippen molar-refractivity contribution in [3.05, 3.63) is 53.9 Å². The van der Waals surface area contributed by atoms with Gasteiger partial charge >= 0.3 is 0 Å². The number of hydrogen-bond donors (Lipinski definition) is 2. The van der Waals surface area contributed by atoms with Gasteiger partial charge in [-0.05, 0) is 36.8 Å². The maximum absolute atomic E-state index is 12.4. The first-order valence-electron chi connectivity index (χ1n) is 6.16. The van der Waals surface area contributed by atoms with Crippen LogP contribution in [0.1, 0.15) is 11.1 Å². The Bertz CT molecular complexity index is 791. The largest absolute Gasteiger partial charge is 0.384 e. The number of nitrogens with zero attached hydrogens (tertiary/aromatic N) is 1. The molecule has 0 aliphatic carbocycles. The standard InChI is InChI=1S/C15H14N2O3S/c1-12-4-5-13(3-2-10-18)11-15(12)21(19,20)17-14-6-8-16-9-7-14/h4-9,11,18H,10H2,1H3,(H,16,17). The minimum atomic E-state index is -3.70. The maximum atomic E-state index is 12.4. The first-order chi connectivity index (χ1) is 10.0. The minimum Gasteiger partial charge on any atom is -0.384 e. The molecule has 1 heterocycles. The van der Waals surface area contributed by atoms with Gasteiger partial charge in [0.05, 0.1) is 10.6 Å². The van der Waals surface area contributed by atoms with Crippen LogP contribution in [0.4, 0.5) is 5.69 Å². The van der Waals surface area contributed by atoms with Gasteiger partial charge in [-0.3, -0.25) is 9.71 Å². The molecule has 0 bridgehead atoms. The molecule has 21 heavy (non-hydrogen) atoms. The molecular weight excluding hydrogens is 288 g/mol. The molecule has 0 saturated heterocycles. The molecule has 0 unspecified atom stereocenters. The number of aliphatic hydroxyl groups is 1. The molecule has 1 aromatic carbocycles. The molecule has 0 aliphatic heterocycles. The zero-order valence-electron chi connectivity index (χ0n) is 11.4. The van der Waals surface area contributed by atoms with Crippen molar-refractivity contribution >= 4 is 15.7 Å². The number of aryl methyl sites for hydroxylation is 1. The summed E-state index contributed by atoms with van der Waals surface area (Å²) >= 11 is 0. The van der Waals surface area contributed by atoms with Crippen LogP contribution in [-0.2, 0) is 10.0 Å². The van der Waals surface area contributed by atoms with Crippen LogP contribution in [0, 0.1) is 18.8 Å². The van der Waals surface area contributed by atoms with E-state index >= 15 is 0 Å². The Balaban J connectivity index is 2.39. The van der Waals surface area contributed by atoms with Crippen LogP contribution in [0.2, 0.25) is 0 Å². The van der Waals surface area contributed by atoms with Crippen molar-refractivity contribution in [1.82, 2.24) is 4.98 Å². The van der Waals surface area contributed by atoms with Gasteiger partial charge in [-0.2, -0.15) is 0 Å². The van der Waals surface area contributed by atoms with E-state index in [1.54, 1.807) is 31.2 Å².